The zero-order chi connectivity index (χ0) is 24.8. The molecule has 0 bridgehead atoms. The minimum atomic E-state index is 0.158. The van der Waals surface area contributed by atoms with E-state index in [1.165, 1.54) is 58.2 Å². The summed E-state index contributed by atoms with van der Waals surface area (Å²) in [6, 6.07) is 13.7. The van der Waals surface area contributed by atoms with Gasteiger partial charge < -0.3 is 0 Å². The van der Waals surface area contributed by atoms with Crippen molar-refractivity contribution in [1.29, 1.82) is 0 Å². The van der Waals surface area contributed by atoms with E-state index in [0.717, 1.165) is 12.8 Å². The standard InChI is InChI=1S/C33H32.C2H6/c1-4-6-7-17-31-28(16-10-8-13-24(3)5-2)30-21-20-27-26-15-11-9-14-25(26)18-19-29(27)32(30)33(31)22-12-23-33;1-2/h4-11,13-17,20-21H,1-2,12,18-19,22-23H2,3H3;1-2H3/b7-6+,10-8+,24-13+,28-16-,31-17-;. The number of hydrogen-bond donors (Lipinski definition) is 0. The highest BCUT2D eigenvalue weighted by Gasteiger charge is 2.50. The fourth-order valence-corrected chi connectivity index (χ4v) is 5.87. The van der Waals surface area contributed by atoms with Gasteiger partial charge in [0, 0.05) is 5.41 Å². The van der Waals surface area contributed by atoms with Crippen molar-refractivity contribution >= 4 is 5.57 Å². The molecule has 3 aliphatic rings. The molecule has 0 aliphatic heterocycles. The first-order valence-corrected chi connectivity index (χ1v) is 13.1. The molecule has 0 N–H and O–H groups in total. The summed E-state index contributed by atoms with van der Waals surface area (Å²) >= 11 is 0. The lowest BCUT2D eigenvalue weighted by molar-refractivity contribution is 0.307. The van der Waals surface area contributed by atoms with Crippen LogP contribution in [-0.4, -0.2) is 0 Å². The Bertz CT molecular complexity index is 1270. The Morgan fingerprint density at radius 1 is 0.829 bits per heavy atom. The van der Waals surface area contributed by atoms with E-state index in [9.17, 15) is 0 Å². The summed E-state index contributed by atoms with van der Waals surface area (Å²) in [5.74, 6) is 0. The Morgan fingerprint density at radius 3 is 2.29 bits per heavy atom. The van der Waals surface area contributed by atoms with Gasteiger partial charge in [-0.05, 0) is 77.1 Å². The zero-order valence-electron chi connectivity index (χ0n) is 21.6. The van der Waals surface area contributed by atoms with E-state index >= 15 is 0 Å². The SMILES string of the molecule is C=C/C=C/C=C1/C(=C\C=C\C=C(/C)C=C)c2ccc3c(c2C12CCC2)CCc1ccccc1-3.CC. The van der Waals surface area contributed by atoms with Crippen LogP contribution in [0, 0.1) is 0 Å². The van der Waals surface area contributed by atoms with E-state index in [-0.39, 0.29) is 5.41 Å². The second-order valence-electron chi connectivity index (χ2n) is 9.39. The van der Waals surface area contributed by atoms with Gasteiger partial charge in [0.2, 0.25) is 0 Å². The predicted molar refractivity (Wildman–Crippen MR) is 155 cm³/mol. The predicted octanol–water partition coefficient (Wildman–Crippen LogP) is 9.65. The average Bonchev–Trinajstić information content (AvgIpc) is 3.17. The summed E-state index contributed by atoms with van der Waals surface area (Å²) in [6.45, 7) is 13.8. The van der Waals surface area contributed by atoms with Crippen molar-refractivity contribution in [2.45, 2.75) is 58.3 Å². The van der Waals surface area contributed by atoms with E-state index in [0.29, 0.717) is 0 Å². The summed E-state index contributed by atoms with van der Waals surface area (Å²) in [6.07, 6.45) is 25.1. The maximum absolute atomic E-state index is 3.86. The summed E-state index contributed by atoms with van der Waals surface area (Å²) in [4.78, 5) is 0. The van der Waals surface area contributed by atoms with Crippen LogP contribution in [0.15, 0.2) is 115 Å². The third-order valence-corrected chi connectivity index (χ3v) is 7.61. The van der Waals surface area contributed by atoms with E-state index < -0.39 is 0 Å². The van der Waals surface area contributed by atoms with Crippen LogP contribution < -0.4 is 0 Å². The van der Waals surface area contributed by atoms with Crippen molar-refractivity contribution < 1.29 is 0 Å². The highest BCUT2D eigenvalue weighted by molar-refractivity contribution is 5.94. The van der Waals surface area contributed by atoms with E-state index in [1.807, 2.05) is 32.1 Å². The Balaban J connectivity index is 0.00000141. The first-order chi connectivity index (χ1) is 17.2. The van der Waals surface area contributed by atoms with Crippen molar-refractivity contribution in [2.24, 2.45) is 0 Å². The quantitative estimate of drug-likeness (QED) is 0.391. The maximum Gasteiger partial charge on any atom is 0.0218 e. The summed E-state index contributed by atoms with van der Waals surface area (Å²) < 4.78 is 0. The lowest BCUT2D eigenvalue weighted by atomic mass is 9.60. The lowest BCUT2D eigenvalue weighted by Gasteiger charge is -2.42. The molecule has 3 aliphatic carbocycles. The Labute approximate surface area is 212 Å². The molecule has 0 radical (unpaired) electrons. The first-order valence-electron chi connectivity index (χ1n) is 13.1. The molecule has 0 amide bonds. The Morgan fingerprint density at radius 2 is 1.57 bits per heavy atom. The molecule has 5 rings (SSSR count). The van der Waals surface area contributed by atoms with Crippen LogP contribution in [0.4, 0.5) is 0 Å². The number of benzene rings is 2. The van der Waals surface area contributed by atoms with Crippen molar-refractivity contribution in [3.63, 3.8) is 0 Å². The fourth-order valence-electron chi connectivity index (χ4n) is 5.87. The molecule has 0 heterocycles. The van der Waals surface area contributed by atoms with Gasteiger partial charge in [0.15, 0.2) is 0 Å². The Hall–Kier alpha value is -3.38. The lowest BCUT2D eigenvalue weighted by Crippen LogP contribution is -2.34. The monoisotopic (exact) mass is 458 g/mol. The van der Waals surface area contributed by atoms with Crippen LogP contribution in [0.25, 0.3) is 16.7 Å². The van der Waals surface area contributed by atoms with Crippen molar-refractivity contribution in [1.82, 2.24) is 0 Å². The van der Waals surface area contributed by atoms with Crippen LogP contribution in [-0.2, 0) is 18.3 Å². The molecule has 0 saturated heterocycles. The molecule has 1 fully saturated rings. The molecule has 0 aromatic heterocycles. The van der Waals surface area contributed by atoms with Crippen LogP contribution >= 0.6 is 0 Å². The molecule has 1 spiro atoms. The second-order valence-corrected chi connectivity index (χ2v) is 9.39. The normalized spacial score (nSPS) is 19.8. The Kier molecular flexibility index (Phi) is 7.71. The molecule has 0 atom stereocenters. The van der Waals surface area contributed by atoms with Gasteiger partial charge in [-0.15, -0.1) is 0 Å². The van der Waals surface area contributed by atoms with Gasteiger partial charge in [-0.1, -0.05) is 130 Å². The molecule has 0 unspecified atom stereocenters. The average molecular weight is 459 g/mol. The van der Waals surface area contributed by atoms with E-state index in [1.54, 1.807) is 11.1 Å². The minimum absolute atomic E-state index is 0.158. The molecule has 35 heavy (non-hydrogen) atoms. The molecule has 2 aromatic carbocycles. The number of aryl methyl sites for hydroxylation is 1. The van der Waals surface area contributed by atoms with E-state index in [4.69, 9.17) is 0 Å². The van der Waals surface area contributed by atoms with Crippen LogP contribution in [0.3, 0.4) is 0 Å². The van der Waals surface area contributed by atoms with Crippen molar-refractivity contribution in [3.05, 3.63) is 138 Å². The van der Waals surface area contributed by atoms with Gasteiger partial charge in [0.25, 0.3) is 0 Å². The number of hydrogen-bond acceptors (Lipinski definition) is 0. The smallest absolute Gasteiger partial charge is 0.0218 e. The zero-order valence-corrected chi connectivity index (χ0v) is 21.6. The van der Waals surface area contributed by atoms with Gasteiger partial charge in [-0.25, -0.2) is 0 Å². The van der Waals surface area contributed by atoms with Crippen LogP contribution in [0.2, 0.25) is 0 Å². The summed E-state index contributed by atoms with van der Waals surface area (Å²) in [5.41, 5.74) is 13.2. The minimum Gasteiger partial charge on any atom is -0.0991 e. The topological polar surface area (TPSA) is 0 Å². The molecular formula is C35H38. The summed E-state index contributed by atoms with van der Waals surface area (Å²) in [5, 5.41) is 0. The number of fused-ring (bicyclic) bond motifs is 6. The van der Waals surface area contributed by atoms with Crippen molar-refractivity contribution in [2.75, 3.05) is 0 Å². The number of rotatable bonds is 5. The number of allylic oxidation sites excluding steroid dienone is 12. The summed E-state index contributed by atoms with van der Waals surface area (Å²) in [7, 11) is 0. The molecule has 2 aromatic rings. The largest absolute Gasteiger partial charge is 0.0991 e. The highest BCUT2D eigenvalue weighted by Crippen LogP contribution is 2.62. The van der Waals surface area contributed by atoms with Gasteiger partial charge >= 0.3 is 0 Å². The van der Waals surface area contributed by atoms with E-state index in [2.05, 4.69) is 92.9 Å². The molecule has 1 saturated carbocycles. The maximum atomic E-state index is 3.86. The highest BCUT2D eigenvalue weighted by atomic mass is 14.5. The molecular weight excluding hydrogens is 420 g/mol. The van der Waals surface area contributed by atoms with Gasteiger partial charge in [-0.2, -0.15) is 0 Å². The third-order valence-electron chi connectivity index (χ3n) is 7.61. The molecule has 0 nitrogen and oxygen atoms in total. The molecule has 178 valence electrons. The van der Waals surface area contributed by atoms with Gasteiger partial charge in [0.1, 0.15) is 0 Å². The van der Waals surface area contributed by atoms with Crippen LogP contribution in [0.1, 0.15) is 62.3 Å². The van der Waals surface area contributed by atoms with Crippen molar-refractivity contribution in [3.8, 4) is 11.1 Å². The third kappa shape index (κ3) is 4.39. The molecule has 0 heteroatoms. The van der Waals surface area contributed by atoms with Gasteiger partial charge in [-0.3, -0.25) is 0 Å². The fraction of sp³-hybridized carbons (Fsp3) is 0.257. The van der Waals surface area contributed by atoms with Gasteiger partial charge in [0.05, 0.1) is 0 Å². The first kappa shape index (κ1) is 24.7. The second kappa shape index (κ2) is 10.9. The van der Waals surface area contributed by atoms with Crippen LogP contribution in [0.5, 0.6) is 0 Å².